The zero-order valence-corrected chi connectivity index (χ0v) is 12.7. The fourth-order valence-corrected chi connectivity index (χ4v) is 3.45. The van der Waals surface area contributed by atoms with Crippen LogP contribution in [0, 0.1) is 6.92 Å². The van der Waals surface area contributed by atoms with E-state index in [0.29, 0.717) is 17.3 Å². The third-order valence-corrected chi connectivity index (χ3v) is 4.67. The highest BCUT2D eigenvalue weighted by atomic mass is 79.9. The summed E-state index contributed by atoms with van der Waals surface area (Å²) in [5, 5.41) is 5.81. The predicted octanol–water partition coefficient (Wildman–Crippen LogP) is 3.18. The van der Waals surface area contributed by atoms with Crippen molar-refractivity contribution in [2.24, 2.45) is 0 Å². The number of aromatic nitrogens is 2. The van der Waals surface area contributed by atoms with Gasteiger partial charge in [0.2, 0.25) is 5.89 Å². The van der Waals surface area contributed by atoms with Crippen LogP contribution in [0.1, 0.15) is 41.0 Å². The Morgan fingerprint density at radius 3 is 3.11 bits per heavy atom. The van der Waals surface area contributed by atoms with E-state index in [0.717, 1.165) is 23.2 Å². The molecule has 1 fully saturated rings. The molecule has 0 bridgehead atoms. The third kappa shape index (κ3) is 2.44. The first-order valence-corrected chi connectivity index (χ1v) is 7.67. The molecule has 5 nitrogen and oxygen atoms in total. The maximum Gasteiger partial charge on any atom is 0.255 e. The van der Waals surface area contributed by atoms with E-state index in [2.05, 4.69) is 26.1 Å². The van der Waals surface area contributed by atoms with E-state index in [9.17, 15) is 4.79 Å². The van der Waals surface area contributed by atoms with Gasteiger partial charge in [-0.1, -0.05) is 5.16 Å². The van der Waals surface area contributed by atoms with Gasteiger partial charge in [-0.3, -0.25) is 4.79 Å². The van der Waals surface area contributed by atoms with Gasteiger partial charge in [-0.2, -0.15) is 4.98 Å². The number of rotatable bonds is 2. The number of halogens is 1. The Morgan fingerprint density at radius 2 is 2.47 bits per heavy atom. The lowest BCUT2D eigenvalue weighted by atomic mass is 10.2. The summed E-state index contributed by atoms with van der Waals surface area (Å²) < 4.78 is 5.97. The Balaban J connectivity index is 1.85. The number of amides is 1. The van der Waals surface area contributed by atoms with Crippen LogP contribution >= 0.6 is 27.3 Å². The van der Waals surface area contributed by atoms with Crippen LogP contribution < -0.4 is 0 Å². The average molecular weight is 342 g/mol. The van der Waals surface area contributed by atoms with Gasteiger partial charge in [-0.15, -0.1) is 11.3 Å². The van der Waals surface area contributed by atoms with Crippen LogP contribution in [0.25, 0.3) is 0 Å². The van der Waals surface area contributed by atoms with Crippen LogP contribution in [0.15, 0.2) is 19.8 Å². The molecule has 1 amide bonds. The minimum absolute atomic E-state index is 0.0342. The minimum atomic E-state index is -0.0661. The molecular formula is C12H12BrN3O2S. The number of likely N-dealkylation sites (tertiary alicyclic amines) is 1. The SMILES string of the molecule is Cc1nc(C2CCCN2C(=O)c2csc(Br)c2)no1. The maximum absolute atomic E-state index is 12.5. The molecule has 0 saturated carbocycles. The van der Waals surface area contributed by atoms with Gasteiger partial charge in [0.15, 0.2) is 5.82 Å². The van der Waals surface area contributed by atoms with Gasteiger partial charge >= 0.3 is 0 Å². The van der Waals surface area contributed by atoms with E-state index in [1.807, 2.05) is 16.3 Å². The molecule has 0 spiro atoms. The van der Waals surface area contributed by atoms with Crippen molar-refractivity contribution in [2.45, 2.75) is 25.8 Å². The van der Waals surface area contributed by atoms with E-state index in [4.69, 9.17) is 4.52 Å². The molecule has 1 aliphatic rings. The molecule has 0 N–H and O–H groups in total. The summed E-state index contributed by atoms with van der Waals surface area (Å²) >= 11 is 4.89. The molecule has 1 saturated heterocycles. The summed E-state index contributed by atoms with van der Waals surface area (Å²) in [6.07, 6.45) is 1.85. The largest absolute Gasteiger partial charge is 0.340 e. The van der Waals surface area contributed by atoms with Gasteiger partial charge in [0.25, 0.3) is 5.91 Å². The number of hydrogen-bond acceptors (Lipinski definition) is 5. The van der Waals surface area contributed by atoms with Gasteiger partial charge in [0.1, 0.15) is 0 Å². The summed E-state index contributed by atoms with van der Waals surface area (Å²) in [5.74, 6) is 1.18. The normalized spacial score (nSPS) is 19.1. The standard InChI is InChI=1S/C12H12BrN3O2S/c1-7-14-11(15-18-7)9-3-2-4-16(9)12(17)8-5-10(13)19-6-8/h5-6,9H,2-4H2,1H3. The summed E-state index contributed by atoms with van der Waals surface area (Å²) in [6, 6.07) is 1.78. The topological polar surface area (TPSA) is 59.2 Å². The lowest BCUT2D eigenvalue weighted by Gasteiger charge is -2.21. The monoisotopic (exact) mass is 341 g/mol. The van der Waals surface area contributed by atoms with Crippen molar-refractivity contribution in [3.05, 3.63) is 32.5 Å². The molecule has 2 aromatic heterocycles. The van der Waals surface area contributed by atoms with E-state index in [-0.39, 0.29) is 11.9 Å². The molecule has 7 heteroatoms. The molecule has 100 valence electrons. The van der Waals surface area contributed by atoms with Crippen LogP contribution in [0.5, 0.6) is 0 Å². The Hall–Kier alpha value is -1.21. The number of nitrogens with zero attached hydrogens (tertiary/aromatic N) is 3. The Labute approximate surface area is 122 Å². The second kappa shape index (κ2) is 5.05. The number of thiophene rings is 1. The Morgan fingerprint density at radius 1 is 1.63 bits per heavy atom. The molecule has 1 unspecified atom stereocenters. The van der Waals surface area contributed by atoms with Crippen LogP contribution in [0.2, 0.25) is 0 Å². The summed E-state index contributed by atoms with van der Waals surface area (Å²) in [7, 11) is 0. The predicted molar refractivity (Wildman–Crippen MR) is 74.1 cm³/mol. The van der Waals surface area contributed by atoms with E-state index >= 15 is 0 Å². The van der Waals surface area contributed by atoms with Crippen LogP contribution in [-0.4, -0.2) is 27.5 Å². The molecule has 2 aromatic rings. The summed E-state index contributed by atoms with van der Waals surface area (Å²) in [5.41, 5.74) is 0.712. The lowest BCUT2D eigenvalue weighted by molar-refractivity contribution is 0.0729. The first-order valence-electron chi connectivity index (χ1n) is 6.00. The Kier molecular flexibility index (Phi) is 3.40. The van der Waals surface area contributed by atoms with Crippen molar-refractivity contribution in [2.75, 3.05) is 6.54 Å². The molecule has 1 atom stereocenters. The van der Waals surface area contributed by atoms with Gasteiger partial charge < -0.3 is 9.42 Å². The molecule has 19 heavy (non-hydrogen) atoms. The highest BCUT2D eigenvalue weighted by molar-refractivity contribution is 9.11. The lowest BCUT2D eigenvalue weighted by Crippen LogP contribution is -2.30. The summed E-state index contributed by atoms with van der Waals surface area (Å²) in [4.78, 5) is 18.6. The van der Waals surface area contributed by atoms with Gasteiger partial charge in [-0.25, -0.2) is 0 Å². The molecule has 0 radical (unpaired) electrons. The molecular weight excluding hydrogens is 330 g/mol. The molecule has 1 aliphatic heterocycles. The van der Waals surface area contributed by atoms with E-state index in [1.165, 1.54) is 11.3 Å². The number of aryl methyl sites for hydroxylation is 1. The highest BCUT2D eigenvalue weighted by Gasteiger charge is 2.33. The van der Waals surface area contributed by atoms with Crippen molar-refractivity contribution in [1.82, 2.24) is 15.0 Å². The zero-order chi connectivity index (χ0) is 13.4. The number of carbonyl (C=O) groups is 1. The number of carbonyl (C=O) groups excluding carboxylic acids is 1. The average Bonchev–Trinajstić information content (AvgIpc) is 3.07. The third-order valence-electron chi connectivity index (χ3n) is 3.17. The minimum Gasteiger partial charge on any atom is -0.340 e. The van der Waals surface area contributed by atoms with Gasteiger partial charge in [0, 0.05) is 18.8 Å². The zero-order valence-electron chi connectivity index (χ0n) is 10.3. The smallest absolute Gasteiger partial charge is 0.255 e. The van der Waals surface area contributed by atoms with E-state index < -0.39 is 0 Å². The molecule has 3 heterocycles. The number of hydrogen-bond donors (Lipinski definition) is 0. The van der Waals surface area contributed by atoms with Crippen LogP contribution in [-0.2, 0) is 0 Å². The fourth-order valence-electron chi connectivity index (χ4n) is 2.32. The second-order valence-electron chi connectivity index (χ2n) is 4.47. The molecule has 0 aliphatic carbocycles. The van der Waals surface area contributed by atoms with Crippen LogP contribution in [0.4, 0.5) is 0 Å². The van der Waals surface area contributed by atoms with Crippen molar-refractivity contribution >= 4 is 33.2 Å². The first-order chi connectivity index (χ1) is 9.15. The van der Waals surface area contributed by atoms with Gasteiger partial charge in [0.05, 0.1) is 15.4 Å². The fraction of sp³-hybridized carbons (Fsp3) is 0.417. The van der Waals surface area contributed by atoms with Crippen molar-refractivity contribution < 1.29 is 9.32 Å². The highest BCUT2D eigenvalue weighted by Crippen LogP contribution is 2.32. The van der Waals surface area contributed by atoms with Gasteiger partial charge in [-0.05, 0) is 34.8 Å². The van der Waals surface area contributed by atoms with Crippen molar-refractivity contribution in [3.63, 3.8) is 0 Å². The molecule has 0 aromatic carbocycles. The quantitative estimate of drug-likeness (QED) is 0.841. The summed E-state index contributed by atoms with van der Waals surface area (Å²) in [6.45, 7) is 2.50. The molecule has 3 rings (SSSR count). The van der Waals surface area contributed by atoms with Crippen molar-refractivity contribution in [3.8, 4) is 0 Å². The van der Waals surface area contributed by atoms with Crippen LogP contribution in [0.3, 0.4) is 0 Å². The maximum atomic E-state index is 12.5. The second-order valence-corrected chi connectivity index (χ2v) is 6.76. The van der Waals surface area contributed by atoms with Crippen molar-refractivity contribution in [1.29, 1.82) is 0 Å². The van der Waals surface area contributed by atoms with E-state index in [1.54, 1.807) is 6.92 Å². The Bertz CT molecular complexity index is 610. The first kappa shape index (κ1) is 12.8.